The molecule has 0 aromatic heterocycles. The minimum absolute atomic E-state index is 0.0226. The lowest BCUT2D eigenvalue weighted by Crippen LogP contribution is -2.29. The highest BCUT2D eigenvalue weighted by Crippen LogP contribution is 2.45. The van der Waals surface area contributed by atoms with Gasteiger partial charge in [0.05, 0.1) is 0 Å². The molecule has 2 nitrogen and oxygen atoms in total. The molecule has 0 radical (unpaired) electrons. The van der Waals surface area contributed by atoms with Gasteiger partial charge in [0.25, 0.3) is 0 Å². The van der Waals surface area contributed by atoms with E-state index < -0.39 is 0 Å². The van der Waals surface area contributed by atoms with Gasteiger partial charge in [0.1, 0.15) is 5.75 Å². The quantitative estimate of drug-likeness (QED) is 0.0546. The molecule has 0 heterocycles. The number of hydrogen-bond acceptors (Lipinski definition) is 2. The van der Waals surface area contributed by atoms with E-state index in [1.165, 1.54) is 83.5 Å². The SMILES string of the molecule is C=C(Cc1ccc(C(C)(C)c2ccccc2)cc1)Cc1ccc(CCCC(C)(C)CC(C)(C)CC(C)(C)CCCc2ccc(OC(C)=O)c(C)c2)cc1C. The van der Waals surface area contributed by atoms with Crippen LogP contribution in [0.4, 0.5) is 0 Å². The molecule has 0 amide bonds. The largest absolute Gasteiger partial charge is 0.426 e. The molecule has 0 aliphatic heterocycles. The topological polar surface area (TPSA) is 26.3 Å². The van der Waals surface area contributed by atoms with Crippen LogP contribution in [0.5, 0.6) is 5.75 Å². The Hall–Kier alpha value is -3.91. The standard InChI is InChI=1S/C52H70O2/c1-38(32-44-23-27-47(28-24-44)52(11,12)46-20-14-13-15-21-46)33-45-26-22-42(34-39(45)2)18-16-30-49(5,6)36-51(9,10)37-50(7,8)31-17-19-43-25-29-48(40(3)35-43)54-41(4)53/h13-15,20-29,34-35H,1,16-19,30-33,36-37H2,2-12H3. The molecule has 0 fully saturated rings. The predicted molar refractivity (Wildman–Crippen MR) is 232 cm³/mol. The lowest BCUT2D eigenvalue weighted by molar-refractivity contribution is -0.131. The summed E-state index contributed by atoms with van der Waals surface area (Å²) in [7, 11) is 0. The van der Waals surface area contributed by atoms with Crippen LogP contribution in [0.1, 0.15) is 145 Å². The molecule has 0 N–H and O–H groups in total. The second kappa shape index (κ2) is 18.1. The van der Waals surface area contributed by atoms with Crippen LogP contribution >= 0.6 is 0 Å². The summed E-state index contributed by atoms with van der Waals surface area (Å²) in [5.74, 6) is 0.397. The van der Waals surface area contributed by atoms with E-state index in [2.05, 4.69) is 154 Å². The number of allylic oxidation sites excluding steroid dienone is 1. The van der Waals surface area contributed by atoms with Gasteiger partial charge in [-0.25, -0.2) is 0 Å². The van der Waals surface area contributed by atoms with E-state index in [0.29, 0.717) is 11.2 Å². The van der Waals surface area contributed by atoms with E-state index >= 15 is 0 Å². The third-order valence-electron chi connectivity index (χ3n) is 11.5. The highest BCUT2D eigenvalue weighted by molar-refractivity contribution is 5.69. The summed E-state index contributed by atoms with van der Waals surface area (Å²) in [6.45, 7) is 29.6. The third-order valence-corrected chi connectivity index (χ3v) is 11.5. The van der Waals surface area contributed by atoms with Gasteiger partial charge >= 0.3 is 5.97 Å². The molecule has 0 aliphatic carbocycles. The van der Waals surface area contributed by atoms with Gasteiger partial charge < -0.3 is 4.74 Å². The summed E-state index contributed by atoms with van der Waals surface area (Å²) in [5.41, 5.74) is 12.7. The van der Waals surface area contributed by atoms with Gasteiger partial charge in [-0.3, -0.25) is 4.79 Å². The number of ether oxygens (including phenoxy) is 1. The molecule has 4 aromatic carbocycles. The summed E-state index contributed by atoms with van der Waals surface area (Å²) in [6, 6.07) is 33.2. The third kappa shape index (κ3) is 13.1. The molecule has 54 heavy (non-hydrogen) atoms. The van der Waals surface area contributed by atoms with Gasteiger partial charge in [-0.05, 0) is 145 Å². The molecule has 0 spiro atoms. The molecular weight excluding hydrogens is 657 g/mol. The maximum absolute atomic E-state index is 11.4. The van der Waals surface area contributed by atoms with Crippen molar-refractivity contribution in [3.05, 3.63) is 148 Å². The van der Waals surface area contributed by atoms with Crippen LogP contribution in [-0.2, 0) is 35.9 Å². The van der Waals surface area contributed by atoms with Crippen molar-refractivity contribution in [2.75, 3.05) is 0 Å². The summed E-state index contributed by atoms with van der Waals surface area (Å²) in [4.78, 5) is 11.4. The Labute approximate surface area is 329 Å². The first kappa shape index (κ1) is 42.8. The smallest absolute Gasteiger partial charge is 0.308 e. The lowest BCUT2D eigenvalue weighted by Gasteiger charge is -2.40. The van der Waals surface area contributed by atoms with E-state index in [-0.39, 0.29) is 22.2 Å². The second-order valence-electron chi connectivity index (χ2n) is 19.3. The van der Waals surface area contributed by atoms with Gasteiger partial charge in [0.15, 0.2) is 0 Å². The zero-order valence-corrected chi connectivity index (χ0v) is 35.8. The molecule has 4 rings (SSSR count). The summed E-state index contributed by atoms with van der Waals surface area (Å²) in [5, 5.41) is 0. The molecule has 2 heteroatoms. The first-order valence-corrected chi connectivity index (χ1v) is 20.4. The average Bonchev–Trinajstić information content (AvgIpc) is 3.06. The fraction of sp³-hybridized carbons (Fsp3) is 0.481. The maximum atomic E-state index is 11.4. The normalized spacial score (nSPS) is 12.5. The second-order valence-corrected chi connectivity index (χ2v) is 19.3. The van der Waals surface area contributed by atoms with Crippen molar-refractivity contribution in [2.45, 2.75) is 146 Å². The predicted octanol–water partition coefficient (Wildman–Crippen LogP) is 14.1. The van der Waals surface area contributed by atoms with E-state index in [9.17, 15) is 4.79 Å². The van der Waals surface area contributed by atoms with Crippen LogP contribution in [0.2, 0.25) is 0 Å². The van der Waals surface area contributed by atoms with Gasteiger partial charge in [-0.1, -0.05) is 152 Å². The molecule has 0 aliphatic rings. The fourth-order valence-corrected chi connectivity index (χ4v) is 9.30. The van der Waals surface area contributed by atoms with E-state index in [1.54, 1.807) is 0 Å². The van der Waals surface area contributed by atoms with Crippen LogP contribution in [0, 0.1) is 30.1 Å². The Morgan fingerprint density at radius 2 is 1.09 bits per heavy atom. The van der Waals surface area contributed by atoms with E-state index in [1.807, 2.05) is 13.0 Å². The number of aryl methyl sites for hydroxylation is 4. The fourth-order valence-electron chi connectivity index (χ4n) is 9.30. The van der Waals surface area contributed by atoms with E-state index in [4.69, 9.17) is 4.74 Å². The van der Waals surface area contributed by atoms with Crippen LogP contribution in [-0.4, -0.2) is 5.97 Å². The zero-order chi connectivity index (χ0) is 39.7. The molecule has 290 valence electrons. The van der Waals surface area contributed by atoms with Crippen molar-refractivity contribution in [1.82, 2.24) is 0 Å². The molecular formula is C52H70O2. The highest BCUT2D eigenvalue weighted by atomic mass is 16.5. The Morgan fingerprint density at radius 3 is 1.61 bits per heavy atom. The minimum atomic E-state index is -0.269. The summed E-state index contributed by atoms with van der Waals surface area (Å²) in [6.07, 6.45) is 11.3. The van der Waals surface area contributed by atoms with Crippen LogP contribution in [0.15, 0.2) is 103 Å². The van der Waals surface area contributed by atoms with Gasteiger partial charge in [0, 0.05) is 12.3 Å². The van der Waals surface area contributed by atoms with Crippen molar-refractivity contribution < 1.29 is 9.53 Å². The van der Waals surface area contributed by atoms with Gasteiger partial charge in [-0.2, -0.15) is 0 Å². The molecule has 0 atom stereocenters. The van der Waals surface area contributed by atoms with Crippen molar-refractivity contribution >= 4 is 5.97 Å². The van der Waals surface area contributed by atoms with Crippen molar-refractivity contribution in [1.29, 1.82) is 0 Å². The van der Waals surface area contributed by atoms with Crippen molar-refractivity contribution in [3.63, 3.8) is 0 Å². The number of carbonyl (C=O) groups excluding carboxylic acids is 1. The van der Waals surface area contributed by atoms with Crippen LogP contribution in [0.3, 0.4) is 0 Å². The molecule has 0 bridgehead atoms. The summed E-state index contributed by atoms with van der Waals surface area (Å²) < 4.78 is 5.31. The summed E-state index contributed by atoms with van der Waals surface area (Å²) >= 11 is 0. The van der Waals surface area contributed by atoms with Crippen molar-refractivity contribution in [3.8, 4) is 5.75 Å². The zero-order valence-electron chi connectivity index (χ0n) is 35.8. The number of esters is 1. The maximum Gasteiger partial charge on any atom is 0.308 e. The van der Waals surface area contributed by atoms with Crippen LogP contribution < -0.4 is 4.74 Å². The average molecular weight is 727 g/mol. The van der Waals surface area contributed by atoms with E-state index in [0.717, 1.165) is 37.7 Å². The molecule has 0 unspecified atom stereocenters. The number of hydrogen-bond donors (Lipinski definition) is 0. The Bertz CT molecular complexity index is 1840. The van der Waals surface area contributed by atoms with Crippen molar-refractivity contribution in [2.24, 2.45) is 16.2 Å². The minimum Gasteiger partial charge on any atom is -0.426 e. The van der Waals surface area contributed by atoms with Gasteiger partial charge in [0.2, 0.25) is 0 Å². The Balaban J connectivity index is 1.21. The molecule has 4 aromatic rings. The van der Waals surface area contributed by atoms with Gasteiger partial charge in [-0.15, -0.1) is 0 Å². The van der Waals surface area contributed by atoms with Crippen LogP contribution in [0.25, 0.3) is 0 Å². The first-order chi connectivity index (χ1) is 25.2. The Kier molecular flexibility index (Phi) is 14.4. The number of carbonyl (C=O) groups is 1. The number of benzene rings is 4. The number of rotatable bonds is 19. The Morgan fingerprint density at radius 1 is 0.593 bits per heavy atom. The highest BCUT2D eigenvalue weighted by Gasteiger charge is 2.33. The molecule has 0 saturated carbocycles. The first-order valence-electron chi connectivity index (χ1n) is 20.4. The monoisotopic (exact) mass is 727 g/mol. The lowest BCUT2D eigenvalue weighted by atomic mass is 9.65. The molecule has 0 saturated heterocycles.